The number of halogens is 1. The predicted molar refractivity (Wildman–Crippen MR) is 70.9 cm³/mol. The fourth-order valence-electron chi connectivity index (χ4n) is 1.47. The molecule has 0 aromatic heterocycles. The first-order valence-electron chi connectivity index (χ1n) is 5.81. The van der Waals surface area contributed by atoms with Crippen molar-refractivity contribution in [2.45, 2.75) is 25.8 Å². The summed E-state index contributed by atoms with van der Waals surface area (Å²) in [5.41, 5.74) is 6.75. The Bertz CT molecular complexity index is 409. The molecule has 0 saturated carbocycles. The van der Waals surface area contributed by atoms with Crippen LogP contribution in [-0.2, 0) is 16.0 Å². The van der Waals surface area contributed by atoms with Gasteiger partial charge in [-0.15, -0.1) is 0 Å². The molecule has 0 aliphatic carbocycles. The van der Waals surface area contributed by atoms with Crippen LogP contribution in [0.1, 0.15) is 18.9 Å². The summed E-state index contributed by atoms with van der Waals surface area (Å²) in [6.07, 6.45) is 1.47. The highest BCUT2D eigenvalue weighted by atomic mass is 35.5. The molecule has 2 N–H and O–H groups in total. The largest absolute Gasteiger partial charge is 0.482 e. The number of carbonyl (C=O) groups is 1. The average Bonchev–Trinajstić information content (AvgIpc) is 2.38. The number of hydrogen-bond acceptors (Lipinski definition) is 4. The molecule has 1 atom stereocenters. The highest BCUT2D eigenvalue weighted by Crippen LogP contribution is 2.27. The Labute approximate surface area is 112 Å². The molecule has 5 heteroatoms. The standard InChI is InChI=1S/C13H18ClNO3/c1-3-9(15)7-10-11(14)5-4-6-12(10)18-8-13(16)17-2/h4-6,9H,3,7-8,15H2,1-2H3. The Balaban J connectivity index is 2.82. The zero-order valence-corrected chi connectivity index (χ0v) is 11.4. The monoisotopic (exact) mass is 271 g/mol. The Morgan fingerprint density at radius 1 is 1.50 bits per heavy atom. The minimum Gasteiger partial charge on any atom is -0.482 e. The molecule has 0 radical (unpaired) electrons. The van der Waals surface area contributed by atoms with E-state index < -0.39 is 5.97 Å². The lowest BCUT2D eigenvalue weighted by atomic mass is 10.0. The second-order valence-electron chi connectivity index (χ2n) is 3.95. The first-order chi connectivity index (χ1) is 8.58. The van der Waals surface area contributed by atoms with E-state index in [-0.39, 0.29) is 12.6 Å². The Morgan fingerprint density at radius 2 is 2.22 bits per heavy atom. The van der Waals surface area contributed by atoms with Crippen LogP contribution in [0.2, 0.25) is 5.02 Å². The van der Waals surface area contributed by atoms with E-state index in [2.05, 4.69) is 4.74 Å². The van der Waals surface area contributed by atoms with Crippen molar-refractivity contribution in [3.05, 3.63) is 28.8 Å². The van der Waals surface area contributed by atoms with Gasteiger partial charge in [0.05, 0.1) is 7.11 Å². The van der Waals surface area contributed by atoms with Gasteiger partial charge >= 0.3 is 5.97 Å². The molecule has 1 aromatic carbocycles. The molecule has 1 unspecified atom stereocenters. The summed E-state index contributed by atoms with van der Waals surface area (Å²) in [5.74, 6) is 0.150. The summed E-state index contributed by atoms with van der Waals surface area (Å²) >= 11 is 6.13. The predicted octanol–water partition coefficient (Wildman–Crippen LogP) is 2.17. The van der Waals surface area contributed by atoms with Crippen LogP contribution in [0.5, 0.6) is 5.75 Å². The summed E-state index contributed by atoms with van der Waals surface area (Å²) in [5, 5.41) is 0.598. The van der Waals surface area contributed by atoms with Crippen molar-refractivity contribution in [1.29, 1.82) is 0 Å². The molecule has 0 amide bonds. The number of rotatable bonds is 6. The van der Waals surface area contributed by atoms with Gasteiger partial charge in [-0.3, -0.25) is 0 Å². The Hall–Kier alpha value is -1.26. The molecule has 0 bridgehead atoms. The van der Waals surface area contributed by atoms with Gasteiger partial charge in [-0.25, -0.2) is 4.79 Å². The second kappa shape index (κ2) is 7.24. The lowest BCUT2D eigenvalue weighted by molar-refractivity contribution is -0.142. The van der Waals surface area contributed by atoms with E-state index in [0.29, 0.717) is 17.2 Å². The van der Waals surface area contributed by atoms with Crippen molar-refractivity contribution >= 4 is 17.6 Å². The van der Waals surface area contributed by atoms with E-state index in [1.54, 1.807) is 18.2 Å². The maximum absolute atomic E-state index is 11.1. The fourth-order valence-corrected chi connectivity index (χ4v) is 1.72. The van der Waals surface area contributed by atoms with Crippen LogP contribution in [0.25, 0.3) is 0 Å². The number of ether oxygens (including phenoxy) is 2. The average molecular weight is 272 g/mol. The molecule has 0 saturated heterocycles. The molecule has 0 spiro atoms. The van der Waals surface area contributed by atoms with Gasteiger partial charge in [0, 0.05) is 16.6 Å². The topological polar surface area (TPSA) is 61.5 Å². The minimum absolute atomic E-state index is 0.0189. The van der Waals surface area contributed by atoms with Crippen molar-refractivity contribution in [1.82, 2.24) is 0 Å². The molecular formula is C13H18ClNO3. The zero-order valence-electron chi connectivity index (χ0n) is 10.6. The van der Waals surface area contributed by atoms with Gasteiger partial charge in [0.1, 0.15) is 5.75 Å². The zero-order chi connectivity index (χ0) is 13.5. The summed E-state index contributed by atoms with van der Waals surface area (Å²) in [4.78, 5) is 11.1. The SMILES string of the molecule is CCC(N)Cc1c(Cl)cccc1OCC(=O)OC. The first-order valence-corrected chi connectivity index (χ1v) is 6.18. The number of nitrogens with two attached hydrogens (primary N) is 1. The van der Waals surface area contributed by atoms with Gasteiger partial charge in [0.2, 0.25) is 0 Å². The second-order valence-corrected chi connectivity index (χ2v) is 4.36. The quantitative estimate of drug-likeness (QED) is 0.806. The number of carbonyl (C=O) groups excluding carboxylic acids is 1. The molecular weight excluding hydrogens is 254 g/mol. The van der Waals surface area contributed by atoms with E-state index in [9.17, 15) is 4.79 Å². The number of benzene rings is 1. The Morgan fingerprint density at radius 3 is 2.83 bits per heavy atom. The van der Waals surface area contributed by atoms with E-state index in [1.807, 2.05) is 6.92 Å². The van der Waals surface area contributed by atoms with E-state index in [0.717, 1.165) is 12.0 Å². The number of esters is 1. The summed E-state index contributed by atoms with van der Waals surface area (Å²) in [6.45, 7) is 1.88. The van der Waals surface area contributed by atoms with E-state index in [4.69, 9.17) is 22.1 Å². The van der Waals surface area contributed by atoms with Crippen LogP contribution in [-0.4, -0.2) is 25.7 Å². The van der Waals surface area contributed by atoms with Crippen LogP contribution in [0, 0.1) is 0 Å². The summed E-state index contributed by atoms with van der Waals surface area (Å²) in [6, 6.07) is 5.34. The van der Waals surface area contributed by atoms with Crippen molar-refractivity contribution < 1.29 is 14.3 Å². The van der Waals surface area contributed by atoms with Gasteiger partial charge < -0.3 is 15.2 Å². The first kappa shape index (κ1) is 14.8. The van der Waals surface area contributed by atoms with Gasteiger partial charge in [0.15, 0.2) is 6.61 Å². The third-order valence-corrected chi connectivity index (χ3v) is 2.99. The normalized spacial score (nSPS) is 12.0. The number of hydrogen-bond donors (Lipinski definition) is 1. The Kier molecular flexibility index (Phi) is 5.95. The van der Waals surface area contributed by atoms with Crippen molar-refractivity contribution in [2.24, 2.45) is 5.73 Å². The lowest BCUT2D eigenvalue weighted by Crippen LogP contribution is -2.22. The molecule has 1 rings (SSSR count). The molecule has 0 aliphatic rings. The van der Waals surface area contributed by atoms with Crippen LogP contribution >= 0.6 is 11.6 Å². The van der Waals surface area contributed by atoms with E-state index in [1.165, 1.54) is 7.11 Å². The van der Waals surface area contributed by atoms with Crippen LogP contribution in [0.3, 0.4) is 0 Å². The van der Waals surface area contributed by atoms with Gasteiger partial charge in [-0.2, -0.15) is 0 Å². The molecule has 0 aliphatic heterocycles. The molecule has 18 heavy (non-hydrogen) atoms. The lowest BCUT2D eigenvalue weighted by Gasteiger charge is -2.15. The maximum atomic E-state index is 11.1. The highest BCUT2D eigenvalue weighted by Gasteiger charge is 2.13. The minimum atomic E-state index is -0.430. The van der Waals surface area contributed by atoms with E-state index >= 15 is 0 Å². The van der Waals surface area contributed by atoms with Crippen LogP contribution in [0.4, 0.5) is 0 Å². The summed E-state index contributed by atoms with van der Waals surface area (Å²) < 4.78 is 9.92. The molecule has 0 heterocycles. The van der Waals surface area contributed by atoms with Gasteiger partial charge in [0.25, 0.3) is 0 Å². The van der Waals surface area contributed by atoms with Crippen molar-refractivity contribution in [3.8, 4) is 5.75 Å². The van der Waals surface area contributed by atoms with Gasteiger partial charge in [-0.05, 0) is 25.0 Å². The molecule has 100 valence electrons. The highest BCUT2D eigenvalue weighted by molar-refractivity contribution is 6.31. The molecule has 0 fully saturated rings. The summed E-state index contributed by atoms with van der Waals surface area (Å²) in [7, 11) is 1.32. The maximum Gasteiger partial charge on any atom is 0.343 e. The molecule has 4 nitrogen and oxygen atoms in total. The van der Waals surface area contributed by atoms with Gasteiger partial charge in [-0.1, -0.05) is 24.6 Å². The van der Waals surface area contributed by atoms with Crippen LogP contribution in [0.15, 0.2) is 18.2 Å². The van der Waals surface area contributed by atoms with Crippen molar-refractivity contribution in [2.75, 3.05) is 13.7 Å². The van der Waals surface area contributed by atoms with Crippen molar-refractivity contribution in [3.63, 3.8) is 0 Å². The molecule has 1 aromatic rings. The third-order valence-electron chi connectivity index (χ3n) is 2.64. The fraction of sp³-hybridized carbons (Fsp3) is 0.462. The number of methoxy groups -OCH3 is 1. The third kappa shape index (κ3) is 4.20. The smallest absolute Gasteiger partial charge is 0.343 e. The van der Waals surface area contributed by atoms with Crippen LogP contribution < -0.4 is 10.5 Å².